The summed E-state index contributed by atoms with van der Waals surface area (Å²) < 4.78 is 0. The number of fused-ring (bicyclic) bond motifs is 1. The normalized spacial score (nSPS) is 14.3. The molecule has 1 heterocycles. The maximum absolute atomic E-state index is 4.38. The first kappa shape index (κ1) is 13.3. The lowest BCUT2D eigenvalue weighted by Crippen LogP contribution is -2.22. The molecule has 3 aromatic rings. The van der Waals surface area contributed by atoms with Crippen molar-refractivity contribution in [3.63, 3.8) is 0 Å². The van der Waals surface area contributed by atoms with Crippen molar-refractivity contribution in [3.05, 3.63) is 64.6 Å². The summed E-state index contributed by atoms with van der Waals surface area (Å²) in [5.74, 6) is 0. The van der Waals surface area contributed by atoms with Crippen molar-refractivity contribution in [2.45, 2.75) is 25.9 Å². The van der Waals surface area contributed by atoms with Crippen molar-refractivity contribution in [1.29, 1.82) is 0 Å². The molecule has 0 saturated carbocycles. The monoisotopic (exact) mass is 282 g/mol. The molecule has 0 radical (unpaired) electrons. The predicted molar refractivity (Wildman–Crippen MR) is 86.0 cm³/mol. The van der Waals surface area contributed by atoms with E-state index in [-0.39, 0.29) is 12.1 Å². The fraction of sp³-hybridized carbons (Fsp3) is 0.235. The van der Waals surface area contributed by atoms with Crippen molar-refractivity contribution in [1.82, 2.24) is 10.3 Å². The van der Waals surface area contributed by atoms with E-state index in [1.807, 2.05) is 5.51 Å². The van der Waals surface area contributed by atoms with Crippen LogP contribution in [0.1, 0.15) is 37.2 Å². The van der Waals surface area contributed by atoms with Crippen molar-refractivity contribution in [2.24, 2.45) is 0 Å². The van der Waals surface area contributed by atoms with Crippen molar-refractivity contribution >= 4 is 22.1 Å². The van der Waals surface area contributed by atoms with Crippen LogP contribution in [-0.2, 0) is 0 Å². The number of nitrogens with zero attached hydrogens (tertiary/aromatic N) is 1. The van der Waals surface area contributed by atoms with Gasteiger partial charge in [-0.25, -0.2) is 4.98 Å². The Kier molecular flexibility index (Phi) is 3.81. The summed E-state index contributed by atoms with van der Waals surface area (Å²) in [6.45, 7) is 4.38. The smallest absolute Gasteiger partial charge is 0.0795 e. The molecule has 0 spiro atoms. The van der Waals surface area contributed by atoms with Gasteiger partial charge in [0.2, 0.25) is 0 Å². The Hall–Kier alpha value is -1.71. The molecule has 0 fully saturated rings. The zero-order valence-corrected chi connectivity index (χ0v) is 12.5. The van der Waals surface area contributed by atoms with Gasteiger partial charge in [0.1, 0.15) is 0 Å². The number of thiazole rings is 1. The van der Waals surface area contributed by atoms with Gasteiger partial charge in [-0.2, -0.15) is 0 Å². The van der Waals surface area contributed by atoms with E-state index in [1.165, 1.54) is 16.3 Å². The molecule has 0 saturated heterocycles. The van der Waals surface area contributed by atoms with Gasteiger partial charge < -0.3 is 5.32 Å². The van der Waals surface area contributed by atoms with Crippen LogP contribution < -0.4 is 5.32 Å². The Morgan fingerprint density at radius 1 is 1.00 bits per heavy atom. The summed E-state index contributed by atoms with van der Waals surface area (Å²) in [5, 5.41) is 8.35. The van der Waals surface area contributed by atoms with Gasteiger partial charge >= 0.3 is 0 Å². The van der Waals surface area contributed by atoms with Crippen LogP contribution in [0.5, 0.6) is 0 Å². The summed E-state index contributed by atoms with van der Waals surface area (Å²) in [6, 6.07) is 15.6. The minimum absolute atomic E-state index is 0.259. The fourth-order valence-electron chi connectivity index (χ4n) is 2.61. The van der Waals surface area contributed by atoms with Gasteiger partial charge in [-0.15, -0.1) is 11.3 Å². The highest BCUT2D eigenvalue weighted by Crippen LogP contribution is 2.26. The quantitative estimate of drug-likeness (QED) is 0.749. The molecule has 0 amide bonds. The van der Waals surface area contributed by atoms with Crippen molar-refractivity contribution in [3.8, 4) is 0 Å². The lowest BCUT2D eigenvalue weighted by atomic mass is 9.99. The van der Waals surface area contributed by atoms with E-state index in [0.29, 0.717) is 0 Å². The lowest BCUT2D eigenvalue weighted by Gasteiger charge is -2.20. The lowest BCUT2D eigenvalue weighted by molar-refractivity contribution is 0.490. The van der Waals surface area contributed by atoms with Gasteiger partial charge in [0.05, 0.1) is 11.2 Å². The average Bonchev–Trinajstić information content (AvgIpc) is 3.01. The molecular formula is C17H18N2S. The predicted octanol–water partition coefficient (Wildman–Crippen LogP) is 4.71. The minimum Gasteiger partial charge on any atom is -0.302 e. The van der Waals surface area contributed by atoms with Crippen LogP contribution in [0.25, 0.3) is 10.8 Å². The maximum atomic E-state index is 4.38. The highest BCUT2D eigenvalue weighted by Gasteiger charge is 2.14. The molecule has 20 heavy (non-hydrogen) atoms. The minimum atomic E-state index is 0.259. The molecule has 1 aromatic heterocycles. The molecule has 2 atom stereocenters. The highest BCUT2D eigenvalue weighted by atomic mass is 32.1. The standard InChI is InChI=1S/C17H18N2S/c1-12(19-13(2)17-10-20-11-18-17)15-9-5-7-14-6-3-4-8-16(14)15/h3-13,19H,1-2H3. The SMILES string of the molecule is CC(NC(C)c1cccc2ccccc12)c1cscn1. The molecule has 1 N–H and O–H groups in total. The second kappa shape index (κ2) is 5.73. The molecular weight excluding hydrogens is 264 g/mol. The average molecular weight is 282 g/mol. The summed E-state index contributed by atoms with van der Waals surface area (Å²) in [4.78, 5) is 4.38. The van der Waals surface area contributed by atoms with Crippen LogP contribution in [0.15, 0.2) is 53.4 Å². The number of nitrogens with one attached hydrogen (secondary N) is 1. The summed E-state index contributed by atoms with van der Waals surface area (Å²) in [7, 11) is 0. The second-order valence-corrected chi connectivity index (χ2v) is 5.81. The van der Waals surface area contributed by atoms with Gasteiger partial charge in [0.25, 0.3) is 0 Å². The molecule has 3 rings (SSSR count). The fourth-order valence-corrected chi connectivity index (χ4v) is 3.26. The molecule has 0 aliphatic rings. The zero-order valence-electron chi connectivity index (χ0n) is 11.7. The highest BCUT2D eigenvalue weighted by molar-refractivity contribution is 7.07. The van der Waals surface area contributed by atoms with Crippen LogP contribution in [-0.4, -0.2) is 4.98 Å². The molecule has 0 bridgehead atoms. The van der Waals surface area contributed by atoms with Gasteiger partial charge in [-0.05, 0) is 30.2 Å². The number of benzene rings is 2. The molecule has 2 unspecified atom stereocenters. The Bertz CT molecular complexity index is 686. The van der Waals surface area contributed by atoms with E-state index in [1.54, 1.807) is 11.3 Å². The summed E-state index contributed by atoms with van der Waals surface area (Å²) in [5.41, 5.74) is 4.34. The maximum Gasteiger partial charge on any atom is 0.0795 e. The number of hydrogen-bond acceptors (Lipinski definition) is 3. The molecule has 3 heteroatoms. The third-order valence-corrected chi connectivity index (χ3v) is 4.29. The van der Waals surface area contributed by atoms with Gasteiger partial charge in [0.15, 0.2) is 0 Å². The Morgan fingerprint density at radius 2 is 1.80 bits per heavy atom. The number of aromatic nitrogens is 1. The zero-order chi connectivity index (χ0) is 13.9. The second-order valence-electron chi connectivity index (χ2n) is 5.09. The first-order valence-corrected chi connectivity index (χ1v) is 7.82. The molecule has 0 aliphatic carbocycles. The van der Waals surface area contributed by atoms with E-state index < -0.39 is 0 Å². The largest absolute Gasteiger partial charge is 0.302 e. The van der Waals surface area contributed by atoms with Crippen LogP contribution >= 0.6 is 11.3 Å². The molecule has 102 valence electrons. The Balaban J connectivity index is 1.87. The van der Waals surface area contributed by atoms with Crippen LogP contribution in [0.2, 0.25) is 0 Å². The van der Waals surface area contributed by atoms with Crippen LogP contribution in [0.3, 0.4) is 0 Å². The van der Waals surface area contributed by atoms with E-state index in [9.17, 15) is 0 Å². The van der Waals surface area contributed by atoms with E-state index >= 15 is 0 Å². The Morgan fingerprint density at radius 3 is 2.60 bits per heavy atom. The molecule has 0 aliphatic heterocycles. The third kappa shape index (κ3) is 2.60. The summed E-state index contributed by atoms with van der Waals surface area (Å²) >= 11 is 1.64. The first-order chi connectivity index (χ1) is 9.75. The van der Waals surface area contributed by atoms with Crippen LogP contribution in [0.4, 0.5) is 0 Å². The summed E-state index contributed by atoms with van der Waals surface area (Å²) in [6.07, 6.45) is 0. The van der Waals surface area contributed by atoms with Crippen molar-refractivity contribution in [2.75, 3.05) is 0 Å². The van der Waals surface area contributed by atoms with Gasteiger partial charge in [-0.3, -0.25) is 0 Å². The van der Waals surface area contributed by atoms with Crippen molar-refractivity contribution < 1.29 is 0 Å². The van der Waals surface area contributed by atoms with E-state index in [0.717, 1.165) is 5.69 Å². The van der Waals surface area contributed by atoms with E-state index in [4.69, 9.17) is 0 Å². The first-order valence-electron chi connectivity index (χ1n) is 6.87. The molecule has 2 aromatic carbocycles. The number of hydrogen-bond donors (Lipinski definition) is 1. The Labute approximate surface area is 123 Å². The van der Waals surface area contributed by atoms with E-state index in [2.05, 4.69) is 72.0 Å². The molecule has 2 nitrogen and oxygen atoms in total. The van der Waals surface area contributed by atoms with Gasteiger partial charge in [0, 0.05) is 17.5 Å². The third-order valence-electron chi connectivity index (χ3n) is 3.68. The van der Waals surface area contributed by atoms with Gasteiger partial charge in [-0.1, -0.05) is 42.5 Å². The number of rotatable bonds is 4. The van der Waals surface area contributed by atoms with Crippen LogP contribution in [0, 0.1) is 0 Å². The topological polar surface area (TPSA) is 24.9 Å².